The molecule has 0 aliphatic heterocycles. The molecular formula is C16H32S. The molecule has 0 amide bonds. The lowest BCUT2D eigenvalue weighted by Crippen LogP contribution is -1.82. The first kappa shape index (κ1) is 17.1. The molecule has 0 bridgehead atoms. The van der Waals surface area contributed by atoms with Crippen molar-refractivity contribution in [3.63, 3.8) is 0 Å². The van der Waals surface area contributed by atoms with E-state index in [1.54, 1.807) is 0 Å². The van der Waals surface area contributed by atoms with E-state index in [4.69, 9.17) is 0 Å². The predicted molar refractivity (Wildman–Crippen MR) is 83.8 cm³/mol. The van der Waals surface area contributed by atoms with Crippen LogP contribution < -0.4 is 0 Å². The van der Waals surface area contributed by atoms with Crippen molar-refractivity contribution in [1.82, 2.24) is 0 Å². The molecule has 0 fully saturated rings. The number of thiol groups is 1. The summed E-state index contributed by atoms with van der Waals surface area (Å²) in [6.45, 7) is 2.28. The smallest absolute Gasteiger partial charge is 0.0343 e. The Morgan fingerprint density at radius 3 is 1.47 bits per heavy atom. The Hall–Kier alpha value is 0.0900. The van der Waals surface area contributed by atoms with Gasteiger partial charge in [0.25, 0.3) is 0 Å². The van der Waals surface area contributed by atoms with Crippen molar-refractivity contribution in [2.24, 2.45) is 0 Å². The van der Waals surface area contributed by atoms with Gasteiger partial charge in [0.15, 0.2) is 0 Å². The Kier molecular flexibility index (Phi) is 16.2. The van der Waals surface area contributed by atoms with E-state index in [1.165, 1.54) is 83.5 Å². The summed E-state index contributed by atoms with van der Waals surface area (Å²) in [6.07, 6.45) is 20.5. The Balaban J connectivity index is 2.89. The lowest BCUT2D eigenvalue weighted by molar-refractivity contribution is 0.545. The van der Waals surface area contributed by atoms with E-state index in [-0.39, 0.29) is 0 Å². The highest BCUT2D eigenvalue weighted by atomic mass is 32.1. The molecule has 0 N–H and O–H groups in total. The molecule has 0 saturated carbocycles. The topological polar surface area (TPSA) is 0 Å². The van der Waals surface area contributed by atoms with Gasteiger partial charge in [0.2, 0.25) is 0 Å². The van der Waals surface area contributed by atoms with Gasteiger partial charge in [-0.25, -0.2) is 0 Å². The summed E-state index contributed by atoms with van der Waals surface area (Å²) in [5, 5.41) is 1.86. The van der Waals surface area contributed by atoms with Crippen LogP contribution in [-0.4, -0.2) is 0 Å². The van der Waals surface area contributed by atoms with Gasteiger partial charge < -0.3 is 0 Å². The summed E-state index contributed by atoms with van der Waals surface area (Å²) in [7, 11) is 0. The van der Waals surface area contributed by atoms with E-state index in [0.29, 0.717) is 0 Å². The summed E-state index contributed by atoms with van der Waals surface area (Å²) >= 11 is 4.05. The molecule has 0 rings (SSSR count). The maximum atomic E-state index is 4.05. The quantitative estimate of drug-likeness (QED) is 0.281. The average Bonchev–Trinajstić information content (AvgIpc) is 2.35. The second-order valence-electron chi connectivity index (χ2n) is 5.06. The Morgan fingerprint density at radius 1 is 0.647 bits per heavy atom. The van der Waals surface area contributed by atoms with Crippen LogP contribution in [0.4, 0.5) is 0 Å². The zero-order chi connectivity index (χ0) is 12.6. The van der Waals surface area contributed by atoms with Crippen LogP contribution in [0.1, 0.15) is 90.4 Å². The average molecular weight is 256 g/mol. The maximum Gasteiger partial charge on any atom is -0.0343 e. The number of rotatable bonds is 13. The third kappa shape index (κ3) is 16.1. The number of hydrogen-bond donors (Lipinski definition) is 1. The zero-order valence-electron chi connectivity index (χ0n) is 11.8. The molecule has 0 unspecified atom stereocenters. The second kappa shape index (κ2) is 16.1. The minimum Gasteiger partial charge on any atom is -0.152 e. The molecule has 0 nitrogen and oxygen atoms in total. The summed E-state index contributed by atoms with van der Waals surface area (Å²) in [6, 6.07) is 0. The van der Waals surface area contributed by atoms with Crippen LogP contribution in [0.2, 0.25) is 0 Å². The lowest BCUT2D eigenvalue weighted by Gasteiger charge is -2.02. The molecule has 0 aromatic rings. The van der Waals surface area contributed by atoms with Gasteiger partial charge in [-0.3, -0.25) is 0 Å². The fraction of sp³-hybridized carbons (Fsp3) is 0.875. The maximum absolute atomic E-state index is 4.05. The van der Waals surface area contributed by atoms with E-state index in [9.17, 15) is 0 Å². The van der Waals surface area contributed by atoms with E-state index < -0.39 is 0 Å². The first-order valence-corrected chi connectivity index (χ1v) is 8.22. The van der Waals surface area contributed by atoms with Crippen LogP contribution in [0.3, 0.4) is 0 Å². The molecule has 0 spiro atoms. The van der Waals surface area contributed by atoms with Crippen molar-refractivity contribution >= 4 is 12.6 Å². The van der Waals surface area contributed by atoms with Crippen LogP contribution >= 0.6 is 12.6 Å². The second-order valence-corrected chi connectivity index (χ2v) is 5.36. The minimum atomic E-state index is 1.21. The lowest BCUT2D eigenvalue weighted by atomic mass is 10.0. The minimum absolute atomic E-state index is 1.21. The summed E-state index contributed by atoms with van der Waals surface area (Å²) in [5.41, 5.74) is 0. The van der Waals surface area contributed by atoms with Gasteiger partial charge in [0.05, 0.1) is 0 Å². The van der Waals surface area contributed by atoms with Crippen molar-refractivity contribution in [3.8, 4) is 0 Å². The molecule has 0 aliphatic rings. The number of hydrogen-bond acceptors (Lipinski definition) is 1. The van der Waals surface area contributed by atoms with Crippen LogP contribution in [-0.2, 0) is 0 Å². The molecule has 102 valence electrons. The van der Waals surface area contributed by atoms with Crippen LogP contribution in [0.5, 0.6) is 0 Å². The summed E-state index contributed by atoms with van der Waals surface area (Å²) < 4.78 is 0. The van der Waals surface area contributed by atoms with Gasteiger partial charge in [-0.2, -0.15) is 12.6 Å². The molecule has 17 heavy (non-hydrogen) atoms. The van der Waals surface area contributed by atoms with Crippen LogP contribution in [0.15, 0.2) is 11.5 Å². The Morgan fingerprint density at radius 2 is 1.06 bits per heavy atom. The van der Waals surface area contributed by atoms with Gasteiger partial charge in [-0.1, -0.05) is 83.6 Å². The van der Waals surface area contributed by atoms with E-state index in [0.717, 1.165) is 0 Å². The van der Waals surface area contributed by atoms with Crippen molar-refractivity contribution < 1.29 is 0 Å². The number of allylic oxidation sites excluding steroid dienone is 1. The van der Waals surface area contributed by atoms with Crippen LogP contribution in [0, 0.1) is 0 Å². The van der Waals surface area contributed by atoms with Crippen LogP contribution in [0.25, 0.3) is 0 Å². The highest BCUT2D eigenvalue weighted by Crippen LogP contribution is 2.12. The first-order chi connectivity index (χ1) is 8.41. The normalized spacial score (nSPS) is 11.4. The van der Waals surface area contributed by atoms with E-state index in [2.05, 4.69) is 25.6 Å². The van der Waals surface area contributed by atoms with Gasteiger partial charge in [-0.15, -0.1) is 0 Å². The summed E-state index contributed by atoms with van der Waals surface area (Å²) in [5.74, 6) is 0. The number of unbranched alkanes of at least 4 members (excludes halogenated alkanes) is 12. The monoisotopic (exact) mass is 256 g/mol. The summed E-state index contributed by atoms with van der Waals surface area (Å²) in [4.78, 5) is 0. The van der Waals surface area contributed by atoms with Crippen molar-refractivity contribution in [3.05, 3.63) is 11.5 Å². The molecule has 0 atom stereocenters. The van der Waals surface area contributed by atoms with Gasteiger partial charge >= 0.3 is 0 Å². The Bertz CT molecular complexity index is 152. The van der Waals surface area contributed by atoms with Crippen molar-refractivity contribution in [2.75, 3.05) is 0 Å². The predicted octanol–water partition coefficient (Wildman–Crippen LogP) is 6.52. The molecule has 0 saturated heterocycles. The third-order valence-electron chi connectivity index (χ3n) is 3.33. The van der Waals surface area contributed by atoms with Gasteiger partial charge in [0.1, 0.15) is 0 Å². The van der Waals surface area contributed by atoms with Gasteiger partial charge in [-0.05, 0) is 18.2 Å². The molecule has 0 aliphatic carbocycles. The first-order valence-electron chi connectivity index (χ1n) is 7.71. The largest absolute Gasteiger partial charge is 0.152 e. The van der Waals surface area contributed by atoms with Gasteiger partial charge in [0, 0.05) is 0 Å². The molecular weight excluding hydrogens is 224 g/mol. The SMILES string of the molecule is CCCCCCCCCCCCCC/C=C/S. The van der Waals surface area contributed by atoms with E-state index in [1.807, 2.05) is 5.41 Å². The molecule has 0 aromatic heterocycles. The highest BCUT2D eigenvalue weighted by Gasteiger charge is 1.92. The molecule has 0 heterocycles. The van der Waals surface area contributed by atoms with Crippen molar-refractivity contribution in [2.45, 2.75) is 90.4 Å². The standard InChI is InChI=1S/C16H32S/c1-2-3-4-5-6-7-8-9-10-11-12-13-14-15-16-17/h15-17H,2-14H2,1H3/b16-15+. The van der Waals surface area contributed by atoms with E-state index >= 15 is 0 Å². The highest BCUT2D eigenvalue weighted by molar-refractivity contribution is 7.83. The third-order valence-corrected chi connectivity index (χ3v) is 3.54. The fourth-order valence-corrected chi connectivity index (χ4v) is 2.33. The molecule has 0 aromatic carbocycles. The zero-order valence-corrected chi connectivity index (χ0v) is 12.7. The molecule has 0 radical (unpaired) electrons. The Labute approximate surface area is 115 Å². The molecule has 1 heteroatoms. The van der Waals surface area contributed by atoms with Crippen molar-refractivity contribution in [1.29, 1.82) is 0 Å². The fourth-order valence-electron chi connectivity index (χ4n) is 2.18.